The fourth-order valence-electron chi connectivity index (χ4n) is 2.07. The molecule has 7 nitrogen and oxygen atoms in total. The maximum absolute atomic E-state index is 12.5. The van der Waals surface area contributed by atoms with Gasteiger partial charge in [-0.3, -0.25) is 10.1 Å². The Kier molecular flexibility index (Phi) is 6.46. The zero-order valence-corrected chi connectivity index (χ0v) is 15.6. The summed E-state index contributed by atoms with van der Waals surface area (Å²) in [6, 6.07) is 7.95. The Hall–Kier alpha value is -2.48. The van der Waals surface area contributed by atoms with Crippen LogP contribution < -0.4 is 16.0 Å². The smallest absolute Gasteiger partial charge is 0.319 e. The SMILES string of the molecule is CC(C)c1nnc(NC(=O)C(NC(=O)Nc2ccccc2)C(C)C)s1. The van der Waals surface area contributed by atoms with Gasteiger partial charge in [0, 0.05) is 11.6 Å². The van der Waals surface area contributed by atoms with Crippen LogP contribution in [0.15, 0.2) is 30.3 Å². The highest BCUT2D eigenvalue weighted by molar-refractivity contribution is 7.15. The number of aromatic nitrogens is 2. The number of rotatable bonds is 6. The van der Waals surface area contributed by atoms with Gasteiger partial charge in [-0.1, -0.05) is 57.2 Å². The molecule has 134 valence electrons. The normalized spacial score (nSPS) is 12.1. The van der Waals surface area contributed by atoms with Gasteiger partial charge in [-0.15, -0.1) is 10.2 Å². The van der Waals surface area contributed by atoms with E-state index in [4.69, 9.17) is 0 Å². The van der Waals surface area contributed by atoms with Gasteiger partial charge < -0.3 is 10.6 Å². The van der Waals surface area contributed by atoms with Gasteiger partial charge in [0.1, 0.15) is 11.0 Å². The summed E-state index contributed by atoms with van der Waals surface area (Å²) in [5.74, 6) is -0.150. The maximum Gasteiger partial charge on any atom is 0.319 e. The van der Waals surface area contributed by atoms with E-state index in [0.717, 1.165) is 5.01 Å². The average molecular weight is 361 g/mol. The molecule has 0 saturated carbocycles. The lowest BCUT2D eigenvalue weighted by molar-refractivity contribution is -0.118. The molecule has 0 aliphatic carbocycles. The molecule has 8 heteroatoms. The second-order valence-electron chi connectivity index (χ2n) is 6.28. The van der Waals surface area contributed by atoms with Crippen LogP contribution in [0.5, 0.6) is 0 Å². The van der Waals surface area contributed by atoms with Crippen LogP contribution in [-0.2, 0) is 4.79 Å². The first-order valence-electron chi connectivity index (χ1n) is 8.13. The van der Waals surface area contributed by atoms with Crippen LogP contribution in [0, 0.1) is 5.92 Å². The number of nitrogens with one attached hydrogen (secondary N) is 3. The van der Waals surface area contributed by atoms with E-state index >= 15 is 0 Å². The van der Waals surface area contributed by atoms with Crippen LogP contribution in [0.2, 0.25) is 0 Å². The molecule has 2 aromatic rings. The summed E-state index contributed by atoms with van der Waals surface area (Å²) in [6.07, 6.45) is 0. The molecule has 0 bridgehead atoms. The van der Waals surface area contributed by atoms with Gasteiger partial charge in [-0.25, -0.2) is 4.79 Å². The molecule has 0 fully saturated rings. The van der Waals surface area contributed by atoms with Crippen LogP contribution in [0.4, 0.5) is 15.6 Å². The lowest BCUT2D eigenvalue weighted by Crippen LogP contribution is -2.48. The van der Waals surface area contributed by atoms with Gasteiger partial charge in [-0.05, 0) is 18.1 Å². The molecular formula is C17H23N5O2S. The molecule has 25 heavy (non-hydrogen) atoms. The second kappa shape index (κ2) is 8.57. The Morgan fingerprint density at radius 1 is 1.00 bits per heavy atom. The first-order chi connectivity index (χ1) is 11.9. The number of carbonyl (C=O) groups is 2. The summed E-state index contributed by atoms with van der Waals surface area (Å²) >= 11 is 1.34. The van der Waals surface area contributed by atoms with Crippen molar-refractivity contribution in [3.63, 3.8) is 0 Å². The number of para-hydroxylation sites is 1. The van der Waals surface area contributed by atoms with E-state index in [1.165, 1.54) is 11.3 Å². The molecule has 1 aromatic heterocycles. The third-order valence-electron chi connectivity index (χ3n) is 3.43. The summed E-state index contributed by atoms with van der Waals surface area (Å²) in [5, 5.41) is 17.5. The van der Waals surface area contributed by atoms with Crippen molar-refractivity contribution in [1.29, 1.82) is 0 Å². The molecule has 0 spiro atoms. The van der Waals surface area contributed by atoms with Crippen LogP contribution >= 0.6 is 11.3 Å². The summed E-state index contributed by atoms with van der Waals surface area (Å²) in [6.45, 7) is 7.76. The largest absolute Gasteiger partial charge is 0.326 e. The monoisotopic (exact) mass is 361 g/mol. The number of hydrogen-bond acceptors (Lipinski definition) is 5. The second-order valence-corrected chi connectivity index (χ2v) is 7.28. The van der Waals surface area contributed by atoms with Gasteiger partial charge in [-0.2, -0.15) is 0 Å². The molecule has 1 heterocycles. The minimum Gasteiger partial charge on any atom is -0.326 e. The van der Waals surface area contributed by atoms with Crippen LogP contribution in [0.25, 0.3) is 0 Å². The molecule has 0 radical (unpaired) electrons. The van der Waals surface area contributed by atoms with Crippen molar-refractivity contribution in [2.24, 2.45) is 5.92 Å². The highest BCUT2D eigenvalue weighted by Gasteiger charge is 2.25. The van der Waals surface area contributed by atoms with Gasteiger partial charge in [0.05, 0.1) is 0 Å². The minimum absolute atomic E-state index is 0.0842. The zero-order valence-electron chi connectivity index (χ0n) is 14.7. The standard InChI is InChI=1S/C17H23N5O2S/c1-10(2)13(19-16(24)18-12-8-6-5-7-9-12)14(23)20-17-22-21-15(25-17)11(3)4/h5-11,13H,1-4H3,(H2,18,19,24)(H,20,22,23). The number of benzene rings is 1. The van der Waals surface area contributed by atoms with E-state index in [-0.39, 0.29) is 17.7 Å². The lowest BCUT2D eigenvalue weighted by Gasteiger charge is -2.21. The predicted octanol–water partition coefficient (Wildman–Crippen LogP) is 3.45. The van der Waals surface area contributed by atoms with Gasteiger partial charge in [0.2, 0.25) is 11.0 Å². The Labute approximate surface area is 151 Å². The zero-order chi connectivity index (χ0) is 18.4. The van der Waals surface area contributed by atoms with Crippen molar-refractivity contribution in [3.05, 3.63) is 35.3 Å². The Morgan fingerprint density at radius 3 is 2.24 bits per heavy atom. The molecule has 0 aliphatic heterocycles. The minimum atomic E-state index is -0.685. The molecule has 3 N–H and O–H groups in total. The summed E-state index contributed by atoms with van der Waals surface area (Å²) in [4.78, 5) is 24.7. The highest BCUT2D eigenvalue weighted by Crippen LogP contribution is 2.22. The molecular weight excluding hydrogens is 338 g/mol. The third-order valence-corrected chi connectivity index (χ3v) is 4.57. The van der Waals surface area contributed by atoms with Gasteiger partial charge in [0.25, 0.3) is 0 Å². The van der Waals surface area contributed by atoms with E-state index in [1.54, 1.807) is 12.1 Å². The molecule has 1 aromatic carbocycles. The van der Waals surface area contributed by atoms with E-state index in [2.05, 4.69) is 26.1 Å². The fourth-order valence-corrected chi connectivity index (χ4v) is 2.82. The molecule has 0 saturated heterocycles. The van der Waals surface area contributed by atoms with Gasteiger partial charge in [0.15, 0.2) is 0 Å². The predicted molar refractivity (Wildman–Crippen MR) is 99.9 cm³/mol. The number of carbonyl (C=O) groups excluding carboxylic acids is 2. The quantitative estimate of drug-likeness (QED) is 0.734. The number of anilines is 2. The highest BCUT2D eigenvalue weighted by atomic mass is 32.1. The van der Waals surface area contributed by atoms with Crippen molar-refractivity contribution in [1.82, 2.24) is 15.5 Å². The van der Waals surface area contributed by atoms with Gasteiger partial charge >= 0.3 is 6.03 Å². The van der Waals surface area contributed by atoms with E-state index in [9.17, 15) is 9.59 Å². The molecule has 1 atom stereocenters. The Bertz CT molecular complexity index is 715. The van der Waals surface area contributed by atoms with Crippen molar-refractivity contribution in [2.75, 3.05) is 10.6 Å². The van der Waals surface area contributed by atoms with Crippen molar-refractivity contribution < 1.29 is 9.59 Å². The summed E-state index contributed by atoms with van der Waals surface area (Å²) in [7, 11) is 0. The number of hydrogen-bond donors (Lipinski definition) is 3. The maximum atomic E-state index is 12.5. The molecule has 2 rings (SSSR count). The Balaban J connectivity index is 1.98. The number of urea groups is 1. The van der Waals surface area contributed by atoms with Crippen molar-refractivity contribution >= 4 is 34.1 Å². The van der Waals surface area contributed by atoms with E-state index < -0.39 is 12.1 Å². The van der Waals surface area contributed by atoms with E-state index in [0.29, 0.717) is 10.8 Å². The van der Waals surface area contributed by atoms with Crippen LogP contribution in [-0.4, -0.2) is 28.2 Å². The fraction of sp³-hybridized carbons (Fsp3) is 0.412. The number of nitrogens with zero attached hydrogens (tertiary/aromatic N) is 2. The summed E-state index contributed by atoms with van der Waals surface area (Å²) in [5.41, 5.74) is 0.661. The molecule has 1 unspecified atom stereocenters. The summed E-state index contributed by atoms with van der Waals surface area (Å²) < 4.78 is 0. The van der Waals surface area contributed by atoms with Crippen molar-refractivity contribution in [2.45, 2.75) is 39.7 Å². The van der Waals surface area contributed by atoms with Crippen molar-refractivity contribution in [3.8, 4) is 0 Å². The topological polar surface area (TPSA) is 96.0 Å². The first-order valence-corrected chi connectivity index (χ1v) is 8.95. The molecule has 3 amide bonds. The van der Waals surface area contributed by atoms with Crippen LogP contribution in [0.1, 0.15) is 38.6 Å². The van der Waals surface area contributed by atoms with Crippen LogP contribution in [0.3, 0.4) is 0 Å². The lowest BCUT2D eigenvalue weighted by atomic mass is 10.0. The molecule has 0 aliphatic rings. The third kappa shape index (κ3) is 5.53. The average Bonchev–Trinajstić information content (AvgIpc) is 3.02. The Morgan fingerprint density at radius 2 is 1.68 bits per heavy atom. The van der Waals surface area contributed by atoms with E-state index in [1.807, 2.05) is 45.9 Å². The first kappa shape index (κ1) is 18.9. The number of amides is 3.